The summed E-state index contributed by atoms with van der Waals surface area (Å²) >= 11 is 0. The molecule has 0 aliphatic carbocycles. The minimum atomic E-state index is -3.92. The van der Waals surface area contributed by atoms with Gasteiger partial charge in [-0.25, -0.2) is 18.4 Å². The number of ether oxygens (including phenoxy) is 1. The van der Waals surface area contributed by atoms with Crippen molar-refractivity contribution in [2.45, 2.75) is 23.3 Å². The first-order chi connectivity index (χ1) is 9.35. The summed E-state index contributed by atoms with van der Waals surface area (Å²) in [6, 6.07) is 5.99. The van der Waals surface area contributed by atoms with Crippen LogP contribution in [0.15, 0.2) is 29.2 Å². The number of anilines is 1. The molecule has 1 fully saturated rings. The number of carbonyl (C=O) groups is 1. The topological polar surface area (TPSA) is 119 Å². The molecule has 0 amide bonds. The first-order valence-electron chi connectivity index (χ1n) is 6.06. The molecule has 1 heterocycles. The highest BCUT2D eigenvalue weighted by molar-refractivity contribution is 7.89. The summed E-state index contributed by atoms with van der Waals surface area (Å²) in [6.07, 6.45) is 0.503. The van der Waals surface area contributed by atoms with Crippen LogP contribution in [0, 0.1) is 0 Å². The second kappa shape index (κ2) is 5.39. The maximum Gasteiger partial charge on any atom is 0.329 e. The molecule has 1 aromatic carbocycles. The predicted octanol–water partition coefficient (Wildman–Crippen LogP) is 0.380. The Morgan fingerprint density at radius 3 is 2.45 bits per heavy atom. The van der Waals surface area contributed by atoms with Crippen molar-refractivity contribution >= 4 is 21.7 Å². The Bertz CT molecular complexity index is 608. The summed E-state index contributed by atoms with van der Waals surface area (Å²) in [7, 11) is -3.92. The third-order valence-corrected chi connectivity index (χ3v) is 4.29. The molecular formula is C12H16N2O5S. The number of rotatable bonds is 4. The molecule has 7 nitrogen and oxygen atoms in total. The molecule has 20 heavy (non-hydrogen) atoms. The quantitative estimate of drug-likeness (QED) is 0.739. The van der Waals surface area contributed by atoms with Gasteiger partial charge >= 0.3 is 5.97 Å². The molecule has 8 heteroatoms. The van der Waals surface area contributed by atoms with Crippen molar-refractivity contribution in [3.63, 3.8) is 0 Å². The zero-order valence-electron chi connectivity index (χ0n) is 10.7. The van der Waals surface area contributed by atoms with Gasteiger partial charge in [-0.3, -0.25) is 0 Å². The van der Waals surface area contributed by atoms with Crippen LogP contribution in [0.1, 0.15) is 12.8 Å². The first kappa shape index (κ1) is 14.8. The molecule has 0 saturated carbocycles. The van der Waals surface area contributed by atoms with Gasteiger partial charge in [-0.2, -0.15) is 0 Å². The third kappa shape index (κ3) is 2.92. The lowest BCUT2D eigenvalue weighted by molar-refractivity contribution is -0.145. The fourth-order valence-corrected chi connectivity index (χ4v) is 2.88. The summed E-state index contributed by atoms with van der Waals surface area (Å²) in [6.45, 7) is 0.605. The van der Waals surface area contributed by atoms with Gasteiger partial charge in [0.25, 0.3) is 0 Å². The number of carboxylic acids is 1. The van der Waals surface area contributed by atoms with Crippen LogP contribution in [0.4, 0.5) is 5.69 Å². The second-order valence-corrected chi connectivity index (χ2v) is 6.20. The van der Waals surface area contributed by atoms with Gasteiger partial charge < -0.3 is 15.2 Å². The number of benzene rings is 1. The highest BCUT2D eigenvalue weighted by Crippen LogP contribution is 2.29. The number of para-hydroxylation sites is 1. The Kier molecular flexibility index (Phi) is 3.98. The van der Waals surface area contributed by atoms with Crippen molar-refractivity contribution < 1.29 is 23.1 Å². The van der Waals surface area contributed by atoms with Gasteiger partial charge in [0.2, 0.25) is 10.0 Å². The average molecular weight is 300 g/mol. The molecule has 1 saturated heterocycles. The zero-order chi connectivity index (χ0) is 14.8. The highest BCUT2D eigenvalue weighted by atomic mass is 32.2. The van der Waals surface area contributed by atoms with E-state index in [4.69, 9.17) is 9.88 Å². The van der Waals surface area contributed by atoms with Crippen molar-refractivity contribution in [3.05, 3.63) is 24.3 Å². The van der Waals surface area contributed by atoms with Crippen LogP contribution in [0.2, 0.25) is 0 Å². The fourth-order valence-electron chi connectivity index (χ4n) is 2.19. The summed E-state index contributed by atoms with van der Waals surface area (Å²) < 4.78 is 28.2. The van der Waals surface area contributed by atoms with Crippen molar-refractivity contribution in [2.75, 3.05) is 18.5 Å². The van der Waals surface area contributed by atoms with Crippen LogP contribution >= 0.6 is 0 Å². The SMILES string of the molecule is NS(=O)(=O)c1ccccc1NC1(C(=O)O)CCOCC1. The number of sulfonamides is 1. The van der Waals surface area contributed by atoms with E-state index in [9.17, 15) is 18.3 Å². The molecule has 2 rings (SSSR count). The Balaban J connectivity index is 2.40. The number of hydrogen-bond donors (Lipinski definition) is 3. The van der Waals surface area contributed by atoms with Crippen molar-refractivity contribution in [2.24, 2.45) is 5.14 Å². The van der Waals surface area contributed by atoms with Gasteiger partial charge in [0.1, 0.15) is 10.4 Å². The van der Waals surface area contributed by atoms with E-state index in [1.165, 1.54) is 18.2 Å². The summed E-state index contributed by atoms with van der Waals surface area (Å²) in [5, 5.41) is 17.4. The van der Waals surface area contributed by atoms with E-state index in [0.717, 1.165) is 0 Å². The minimum absolute atomic E-state index is 0.118. The summed E-state index contributed by atoms with van der Waals surface area (Å²) in [5.41, 5.74) is -1.04. The maximum atomic E-state index is 11.5. The Morgan fingerprint density at radius 2 is 1.90 bits per heavy atom. The number of primary sulfonamides is 1. The smallest absolute Gasteiger partial charge is 0.329 e. The second-order valence-electron chi connectivity index (χ2n) is 4.67. The van der Waals surface area contributed by atoms with Gasteiger partial charge in [-0.15, -0.1) is 0 Å². The van der Waals surface area contributed by atoms with Crippen LogP contribution in [0.5, 0.6) is 0 Å². The van der Waals surface area contributed by atoms with Crippen molar-refractivity contribution in [1.29, 1.82) is 0 Å². The van der Waals surface area contributed by atoms with E-state index in [1.807, 2.05) is 0 Å². The van der Waals surface area contributed by atoms with E-state index in [2.05, 4.69) is 5.32 Å². The number of aliphatic carboxylic acids is 1. The molecule has 0 spiro atoms. The van der Waals surface area contributed by atoms with Gasteiger partial charge in [-0.1, -0.05) is 12.1 Å². The monoisotopic (exact) mass is 300 g/mol. The fraction of sp³-hybridized carbons (Fsp3) is 0.417. The summed E-state index contributed by atoms with van der Waals surface area (Å²) in [4.78, 5) is 11.4. The van der Waals surface area contributed by atoms with E-state index in [0.29, 0.717) is 13.2 Å². The minimum Gasteiger partial charge on any atom is -0.480 e. The van der Waals surface area contributed by atoms with Gasteiger partial charge in [-0.05, 0) is 12.1 Å². The first-order valence-corrected chi connectivity index (χ1v) is 7.61. The molecule has 0 unspecified atom stereocenters. The highest BCUT2D eigenvalue weighted by Gasteiger charge is 2.41. The van der Waals surface area contributed by atoms with Crippen LogP contribution < -0.4 is 10.5 Å². The van der Waals surface area contributed by atoms with Gasteiger partial charge in [0.05, 0.1) is 5.69 Å². The molecule has 1 aliphatic heterocycles. The largest absolute Gasteiger partial charge is 0.480 e. The standard InChI is InChI=1S/C12H16N2O5S/c13-20(17,18)10-4-2-1-3-9(10)14-12(11(15)16)5-7-19-8-6-12/h1-4,14H,5-8H2,(H,15,16)(H2,13,17,18). The molecule has 0 atom stereocenters. The summed E-state index contributed by atoms with van der Waals surface area (Å²) in [5.74, 6) is -1.04. The van der Waals surface area contributed by atoms with Crippen LogP contribution in [0.3, 0.4) is 0 Å². The average Bonchev–Trinajstić information content (AvgIpc) is 2.39. The molecular weight excluding hydrogens is 284 g/mol. The molecule has 1 aromatic rings. The van der Waals surface area contributed by atoms with Crippen LogP contribution in [-0.2, 0) is 19.6 Å². The Morgan fingerprint density at radius 1 is 1.30 bits per heavy atom. The molecule has 0 aromatic heterocycles. The zero-order valence-corrected chi connectivity index (χ0v) is 11.5. The third-order valence-electron chi connectivity index (χ3n) is 3.32. The molecule has 4 N–H and O–H groups in total. The molecule has 0 radical (unpaired) electrons. The number of hydrogen-bond acceptors (Lipinski definition) is 5. The van der Waals surface area contributed by atoms with E-state index in [-0.39, 0.29) is 23.4 Å². The lowest BCUT2D eigenvalue weighted by Crippen LogP contribution is -2.50. The van der Waals surface area contributed by atoms with Crippen molar-refractivity contribution in [3.8, 4) is 0 Å². The van der Waals surface area contributed by atoms with Gasteiger partial charge in [0, 0.05) is 26.1 Å². The number of carboxylic acid groups (broad SMARTS) is 1. The Labute approximate surface area is 116 Å². The lowest BCUT2D eigenvalue weighted by Gasteiger charge is -2.35. The number of nitrogens with two attached hydrogens (primary N) is 1. The Hall–Kier alpha value is -1.64. The normalized spacial score (nSPS) is 18.4. The van der Waals surface area contributed by atoms with Crippen LogP contribution in [0.25, 0.3) is 0 Å². The van der Waals surface area contributed by atoms with E-state index in [1.54, 1.807) is 6.07 Å². The maximum absolute atomic E-state index is 11.5. The van der Waals surface area contributed by atoms with Crippen LogP contribution in [-0.4, -0.2) is 38.2 Å². The molecule has 1 aliphatic rings. The van der Waals surface area contributed by atoms with E-state index >= 15 is 0 Å². The van der Waals surface area contributed by atoms with Gasteiger partial charge in [0.15, 0.2) is 0 Å². The predicted molar refractivity (Wildman–Crippen MR) is 71.9 cm³/mol. The number of nitrogens with one attached hydrogen (secondary N) is 1. The molecule has 0 bridgehead atoms. The van der Waals surface area contributed by atoms with Crippen molar-refractivity contribution in [1.82, 2.24) is 0 Å². The van der Waals surface area contributed by atoms with E-state index < -0.39 is 21.5 Å². The lowest BCUT2D eigenvalue weighted by atomic mass is 9.90. The molecule has 110 valence electrons.